The van der Waals surface area contributed by atoms with Crippen LogP contribution in [0.5, 0.6) is 0 Å². The molecule has 1 fully saturated rings. The molecule has 2 aromatic carbocycles. The van der Waals surface area contributed by atoms with Gasteiger partial charge in [0, 0.05) is 30.2 Å². The van der Waals surface area contributed by atoms with E-state index >= 15 is 0 Å². The maximum absolute atomic E-state index is 12.2. The van der Waals surface area contributed by atoms with E-state index < -0.39 is 5.97 Å². The molecule has 3 rings (SSSR count). The lowest BCUT2D eigenvalue weighted by molar-refractivity contribution is -0.114. The highest BCUT2D eigenvalue weighted by atomic mass is 16.5. The number of hydrogen-bond donors (Lipinski definition) is 2. The van der Waals surface area contributed by atoms with Crippen molar-refractivity contribution in [3.8, 4) is 0 Å². The van der Waals surface area contributed by atoms with Crippen LogP contribution in [0.4, 0.5) is 17.1 Å². The molecule has 0 spiro atoms. The van der Waals surface area contributed by atoms with E-state index in [1.165, 1.54) is 25.6 Å². The maximum atomic E-state index is 12.2. The molecule has 6 nitrogen and oxygen atoms in total. The first kappa shape index (κ1) is 19.7. The van der Waals surface area contributed by atoms with Crippen LogP contribution in [-0.2, 0) is 9.53 Å². The summed E-state index contributed by atoms with van der Waals surface area (Å²) >= 11 is 0. The second-order valence-electron chi connectivity index (χ2n) is 7.19. The second kappa shape index (κ2) is 9.26. The number of anilines is 3. The van der Waals surface area contributed by atoms with Gasteiger partial charge >= 0.3 is 5.97 Å². The van der Waals surface area contributed by atoms with Gasteiger partial charge in [-0.25, -0.2) is 4.79 Å². The quantitative estimate of drug-likeness (QED) is 0.746. The minimum atomic E-state index is -0.433. The van der Waals surface area contributed by atoms with Crippen LogP contribution in [0.1, 0.15) is 30.1 Å². The van der Waals surface area contributed by atoms with Gasteiger partial charge in [0.25, 0.3) is 0 Å². The molecule has 1 aliphatic rings. The Morgan fingerprint density at radius 3 is 2.46 bits per heavy atom. The van der Waals surface area contributed by atoms with E-state index in [9.17, 15) is 9.59 Å². The average Bonchev–Trinajstić information content (AvgIpc) is 2.73. The largest absolute Gasteiger partial charge is 0.465 e. The Morgan fingerprint density at radius 2 is 1.79 bits per heavy atom. The predicted octanol–water partition coefficient (Wildman–Crippen LogP) is 3.76. The Hall–Kier alpha value is -3.02. The molecule has 6 heteroatoms. The number of nitrogens with one attached hydrogen (secondary N) is 2. The summed E-state index contributed by atoms with van der Waals surface area (Å²) < 4.78 is 4.69. The van der Waals surface area contributed by atoms with Crippen molar-refractivity contribution >= 4 is 28.9 Å². The van der Waals surface area contributed by atoms with Crippen molar-refractivity contribution < 1.29 is 14.3 Å². The summed E-state index contributed by atoms with van der Waals surface area (Å²) in [5.74, 6) is 0.192. The van der Waals surface area contributed by atoms with Crippen molar-refractivity contribution in [2.45, 2.75) is 19.8 Å². The van der Waals surface area contributed by atoms with Gasteiger partial charge in [-0.3, -0.25) is 4.79 Å². The SMILES string of the molecule is COC(=O)c1cccc(NC(=O)CNc2ccc(N3CCC(C)CC3)cc2)c1. The van der Waals surface area contributed by atoms with Gasteiger partial charge in [0.15, 0.2) is 0 Å². The summed E-state index contributed by atoms with van der Waals surface area (Å²) in [5.41, 5.74) is 3.08. The zero-order valence-corrected chi connectivity index (χ0v) is 16.4. The standard InChI is InChI=1S/C22H27N3O3/c1-16-10-12-25(13-11-16)20-8-6-18(7-9-20)23-15-21(26)24-19-5-3-4-17(14-19)22(27)28-2/h3-9,14,16,23H,10-13,15H2,1-2H3,(H,24,26). The van der Waals surface area contributed by atoms with Crippen molar-refractivity contribution in [1.29, 1.82) is 0 Å². The van der Waals surface area contributed by atoms with Gasteiger partial charge in [0.05, 0.1) is 19.2 Å². The summed E-state index contributed by atoms with van der Waals surface area (Å²) in [6.07, 6.45) is 2.47. The van der Waals surface area contributed by atoms with E-state index in [1.54, 1.807) is 24.3 Å². The molecule has 1 heterocycles. The highest BCUT2D eigenvalue weighted by Crippen LogP contribution is 2.24. The number of carbonyl (C=O) groups excluding carboxylic acids is 2. The third-order valence-electron chi connectivity index (χ3n) is 5.04. The lowest BCUT2D eigenvalue weighted by atomic mass is 9.99. The Balaban J connectivity index is 1.50. The van der Waals surface area contributed by atoms with Gasteiger partial charge in [-0.15, -0.1) is 0 Å². The van der Waals surface area contributed by atoms with Crippen LogP contribution in [0.2, 0.25) is 0 Å². The van der Waals surface area contributed by atoms with E-state index in [0.29, 0.717) is 11.3 Å². The minimum absolute atomic E-state index is 0.142. The first-order valence-corrected chi connectivity index (χ1v) is 9.62. The molecular formula is C22H27N3O3. The number of ether oxygens (including phenoxy) is 1. The summed E-state index contributed by atoms with van der Waals surface area (Å²) in [6.45, 7) is 4.64. The predicted molar refractivity (Wildman–Crippen MR) is 112 cm³/mol. The first-order chi connectivity index (χ1) is 13.5. The molecule has 0 atom stereocenters. The summed E-state index contributed by atoms with van der Waals surface area (Å²) in [7, 11) is 1.33. The molecule has 0 aliphatic carbocycles. The van der Waals surface area contributed by atoms with Crippen molar-refractivity contribution in [3.05, 3.63) is 54.1 Å². The summed E-state index contributed by atoms with van der Waals surface area (Å²) in [5, 5.41) is 5.91. The molecule has 2 N–H and O–H groups in total. The molecule has 1 aliphatic heterocycles. The number of esters is 1. The molecule has 0 bridgehead atoms. The van der Waals surface area contributed by atoms with E-state index in [1.807, 2.05) is 12.1 Å². The van der Waals surface area contributed by atoms with E-state index in [-0.39, 0.29) is 12.5 Å². The average molecular weight is 381 g/mol. The number of piperidine rings is 1. The molecule has 148 valence electrons. The number of carbonyl (C=O) groups is 2. The minimum Gasteiger partial charge on any atom is -0.465 e. The lowest BCUT2D eigenvalue weighted by Crippen LogP contribution is -2.32. The molecule has 0 radical (unpaired) electrons. The van der Waals surface area contributed by atoms with Gasteiger partial charge in [-0.2, -0.15) is 0 Å². The second-order valence-corrected chi connectivity index (χ2v) is 7.19. The van der Waals surface area contributed by atoms with Gasteiger partial charge < -0.3 is 20.3 Å². The molecule has 2 aromatic rings. The fraction of sp³-hybridized carbons (Fsp3) is 0.364. The third kappa shape index (κ3) is 5.25. The van der Waals surface area contributed by atoms with Gasteiger partial charge in [-0.05, 0) is 61.2 Å². The Labute approximate surface area is 165 Å². The monoisotopic (exact) mass is 381 g/mol. The van der Waals surface area contributed by atoms with Gasteiger partial charge in [-0.1, -0.05) is 13.0 Å². The van der Waals surface area contributed by atoms with Crippen molar-refractivity contribution in [2.75, 3.05) is 42.3 Å². The van der Waals surface area contributed by atoms with E-state index in [4.69, 9.17) is 4.74 Å². The van der Waals surface area contributed by atoms with Crippen LogP contribution >= 0.6 is 0 Å². The van der Waals surface area contributed by atoms with Gasteiger partial charge in [0.2, 0.25) is 5.91 Å². The number of methoxy groups -OCH3 is 1. The molecule has 1 saturated heterocycles. The Kier molecular flexibility index (Phi) is 6.53. The van der Waals surface area contributed by atoms with Crippen LogP contribution in [0.3, 0.4) is 0 Å². The van der Waals surface area contributed by atoms with Crippen molar-refractivity contribution in [3.63, 3.8) is 0 Å². The van der Waals surface area contributed by atoms with Crippen LogP contribution in [0.25, 0.3) is 0 Å². The smallest absolute Gasteiger partial charge is 0.337 e. The Bertz CT molecular complexity index is 812. The Morgan fingerprint density at radius 1 is 1.07 bits per heavy atom. The first-order valence-electron chi connectivity index (χ1n) is 9.62. The zero-order chi connectivity index (χ0) is 19.9. The normalized spacial score (nSPS) is 14.4. The van der Waals surface area contributed by atoms with Crippen LogP contribution in [0, 0.1) is 5.92 Å². The number of nitrogens with zero attached hydrogens (tertiary/aromatic N) is 1. The number of hydrogen-bond acceptors (Lipinski definition) is 5. The number of rotatable bonds is 6. The highest BCUT2D eigenvalue weighted by molar-refractivity contribution is 5.96. The molecule has 0 aromatic heterocycles. The topological polar surface area (TPSA) is 70.7 Å². The fourth-order valence-electron chi connectivity index (χ4n) is 3.29. The van der Waals surface area contributed by atoms with Crippen molar-refractivity contribution in [1.82, 2.24) is 0 Å². The molecular weight excluding hydrogens is 354 g/mol. The molecule has 1 amide bonds. The molecule has 28 heavy (non-hydrogen) atoms. The van der Waals surface area contributed by atoms with Crippen LogP contribution < -0.4 is 15.5 Å². The summed E-state index contributed by atoms with van der Waals surface area (Å²) in [4.78, 5) is 26.2. The van der Waals surface area contributed by atoms with Crippen molar-refractivity contribution in [2.24, 2.45) is 5.92 Å². The maximum Gasteiger partial charge on any atom is 0.337 e. The van der Waals surface area contributed by atoms with E-state index in [0.717, 1.165) is 24.7 Å². The van der Waals surface area contributed by atoms with Crippen LogP contribution in [0.15, 0.2) is 48.5 Å². The lowest BCUT2D eigenvalue weighted by Gasteiger charge is -2.32. The van der Waals surface area contributed by atoms with Gasteiger partial charge in [0.1, 0.15) is 0 Å². The fourth-order valence-corrected chi connectivity index (χ4v) is 3.29. The highest BCUT2D eigenvalue weighted by Gasteiger charge is 2.15. The molecule has 0 unspecified atom stereocenters. The third-order valence-corrected chi connectivity index (χ3v) is 5.04. The van der Waals surface area contributed by atoms with E-state index in [2.05, 4.69) is 34.6 Å². The molecule has 0 saturated carbocycles. The number of benzene rings is 2. The summed E-state index contributed by atoms with van der Waals surface area (Å²) in [6, 6.07) is 14.9. The zero-order valence-electron chi connectivity index (χ0n) is 16.4. The number of amides is 1. The van der Waals surface area contributed by atoms with Crippen LogP contribution in [-0.4, -0.2) is 38.6 Å².